The highest BCUT2D eigenvalue weighted by atomic mass is 16.4. The average Bonchev–Trinajstić information content (AvgIpc) is 2.83. The molecule has 0 bridgehead atoms. The number of rotatable bonds is 3. The maximum absolute atomic E-state index is 12.9. The third kappa shape index (κ3) is 3.76. The number of carbonyl (C=O) groups excluding carboxylic acids is 1. The van der Waals surface area contributed by atoms with E-state index in [9.17, 15) is 14.7 Å². The summed E-state index contributed by atoms with van der Waals surface area (Å²) in [7, 11) is 0. The van der Waals surface area contributed by atoms with Gasteiger partial charge in [-0.3, -0.25) is 10.2 Å². The Bertz CT molecular complexity index is 1490. The standard InChI is InChI=1S/C26H19N3O4/c1-16-12-13-19-22(14-16)33-26(32)20(23(19)30)15-21-25(31)28-29(18-10-6-3-7-11-18)24(27-21)17-8-4-2-5-9-17/h2-15,30H,1H3,(H,28,31)/b21-15+. The molecule has 0 spiro atoms. The van der Waals surface area contributed by atoms with Crippen molar-refractivity contribution in [3.05, 3.63) is 112 Å². The lowest BCUT2D eigenvalue weighted by Gasteiger charge is -2.30. The minimum atomic E-state index is -0.757. The number of nitrogens with one attached hydrogen (secondary N) is 1. The lowest BCUT2D eigenvalue weighted by Crippen LogP contribution is -2.50. The van der Waals surface area contributed by atoms with Crippen molar-refractivity contribution in [3.63, 3.8) is 0 Å². The van der Waals surface area contributed by atoms with E-state index in [0.717, 1.165) is 16.8 Å². The molecule has 2 heterocycles. The summed E-state index contributed by atoms with van der Waals surface area (Å²) in [5, 5.41) is 12.7. The molecule has 0 saturated carbocycles. The van der Waals surface area contributed by atoms with E-state index in [0.29, 0.717) is 11.2 Å². The van der Waals surface area contributed by atoms with Gasteiger partial charge in [-0.15, -0.1) is 0 Å². The van der Waals surface area contributed by atoms with Crippen LogP contribution >= 0.6 is 0 Å². The minimum absolute atomic E-state index is 0.0323. The Morgan fingerprint density at radius 2 is 1.67 bits per heavy atom. The van der Waals surface area contributed by atoms with Crippen molar-refractivity contribution in [2.75, 3.05) is 5.01 Å². The quantitative estimate of drug-likeness (QED) is 0.371. The number of anilines is 1. The van der Waals surface area contributed by atoms with Gasteiger partial charge in [0.2, 0.25) is 0 Å². The van der Waals surface area contributed by atoms with Crippen LogP contribution in [0.15, 0.2) is 98.8 Å². The Kier molecular flexibility index (Phi) is 4.99. The van der Waals surface area contributed by atoms with Crippen LogP contribution in [0.5, 0.6) is 5.75 Å². The molecule has 3 aromatic carbocycles. The Morgan fingerprint density at radius 3 is 2.39 bits per heavy atom. The van der Waals surface area contributed by atoms with Crippen molar-refractivity contribution in [1.29, 1.82) is 0 Å². The first kappa shape index (κ1) is 20.3. The predicted octanol–water partition coefficient (Wildman–Crippen LogP) is 4.15. The average molecular weight is 437 g/mol. The number of hydrazine groups is 1. The molecule has 7 nitrogen and oxygen atoms in total. The van der Waals surface area contributed by atoms with Crippen LogP contribution in [-0.2, 0) is 4.79 Å². The molecule has 0 aliphatic carbocycles. The molecule has 1 amide bonds. The summed E-state index contributed by atoms with van der Waals surface area (Å²) in [5.41, 5.74) is 4.53. The molecule has 5 rings (SSSR count). The van der Waals surface area contributed by atoms with Gasteiger partial charge < -0.3 is 9.52 Å². The van der Waals surface area contributed by atoms with E-state index >= 15 is 0 Å². The van der Waals surface area contributed by atoms with Crippen LogP contribution < -0.4 is 16.1 Å². The molecular formula is C26H19N3O4. The molecule has 0 saturated heterocycles. The van der Waals surface area contributed by atoms with Crippen molar-refractivity contribution in [3.8, 4) is 5.75 Å². The molecular weight excluding hydrogens is 418 g/mol. The lowest BCUT2D eigenvalue weighted by molar-refractivity contribution is -0.117. The minimum Gasteiger partial charge on any atom is -0.506 e. The van der Waals surface area contributed by atoms with Crippen molar-refractivity contribution in [2.45, 2.75) is 6.92 Å². The number of hydrogen-bond acceptors (Lipinski definition) is 6. The zero-order chi connectivity index (χ0) is 22.9. The summed E-state index contributed by atoms with van der Waals surface area (Å²) >= 11 is 0. The van der Waals surface area contributed by atoms with Crippen LogP contribution in [0, 0.1) is 6.92 Å². The number of aliphatic imine (C=N–C) groups is 1. The van der Waals surface area contributed by atoms with Gasteiger partial charge in [-0.05, 0) is 42.8 Å². The van der Waals surface area contributed by atoms with Gasteiger partial charge in [-0.1, -0.05) is 54.6 Å². The van der Waals surface area contributed by atoms with Crippen LogP contribution in [0.4, 0.5) is 5.69 Å². The number of aryl methyl sites for hydroxylation is 1. The monoisotopic (exact) mass is 437 g/mol. The normalized spacial score (nSPS) is 14.9. The largest absolute Gasteiger partial charge is 0.506 e. The molecule has 4 aromatic rings. The highest BCUT2D eigenvalue weighted by Gasteiger charge is 2.27. The van der Waals surface area contributed by atoms with Gasteiger partial charge in [0.15, 0.2) is 5.84 Å². The number of amidine groups is 1. The fourth-order valence-corrected chi connectivity index (χ4v) is 3.64. The maximum Gasteiger partial charge on any atom is 0.347 e. The summed E-state index contributed by atoms with van der Waals surface area (Å²) in [5.74, 6) is -0.322. The lowest BCUT2D eigenvalue weighted by atomic mass is 10.1. The number of fused-ring (bicyclic) bond motifs is 1. The fourth-order valence-electron chi connectivity index (χ4n) is 3.64. The number of benzene rings is 3. The predicted molar refractivity (Wildman–Crippen MR) is 127 cm³/mol. The van der Waals surface area contributed by atoms with Gasteiger partial charge in [0.05, 0.1) is 11.1 Å². The summed E-state index contributed by atoms with van der Waals surface area (Å²) in [4.78, 5) is 30.1. The Balaban J connectivity index is 1.68. The van der Waals surface area contributed by atoms with Crippen LogP contribution in [0.25, 0.3) is 17.0 Å². The van der Waals surface area contributed by atoms with E-state index < -0.39 is 11.5 Å². The summed E-state index contributed by atoms with van der Waals surface area (Å²) < 4.78 is 5.38. The van der Waals surface area contributed by atoms with E-state index in [1.165, 1.54) is 6.08 Å². The third-order valence-corrected chi connectivity index (χ3v) is 5.28. The molecule has 0 radical (unpaired) electrons. The first-order valence-electron chi connectivity index (χ1n) is 10.3. The molecule has 1 aliphatic heterocycles. The highest BCUT2D eigenvalue weighted by Crippen LogP contribution is 2.29. The van der Waals surface area contributed by atoms with Gasteiger partial charge in [-0.2, -0.15) is 0 Å². The summed E-state index contributed by atoms with van der Waals surface area (Å²) in [6.45, 7) is 1.86. The number of nitrogens with zero attached hydrogens (tertiary/aromatic N) is 2. The first-order chi connectivity index (χ1) is 16.0. The molecule has 0 fully saturated rings. The van der Waals surface area contributed by atoms with Crippen LogP contribution in [0.3, 0.4) is 0 Å². The number of carbonyl (C=O) groups is 1. The zero-order valence-electron chi connectivity index (χ0n) is 17.6. The van der Waals surface area contributed by atoms with Crippen molar-refractivity contribution in [1.82, 2.24) is 5.43 Å². The molecule has 162 valence electrons. The van der Waals surface area contributed by atoms with Gasteiger partial charge in [-0.25, -0.2) is 14.8 Å². The zero-order valence-corrected chi connectivity index (χ0v) is 17.6. The van der Waals surface area contributed by atoms with Gasteiger partial charge >= 0.3 is 5.63 Å². The van der Waals surface area contributed by atoms with E-state index in [1.54, 1.807) is 23.2 Å². The molecule has 33 heavy (non-hydrogen) atoms. The highest BCUT2D eigenvalue weighted by molar-refractivity contribution is 6.17. The first-order valence-corrected chi connectivity index (χ1v) is 10.3. The maximum atomic E-state index is 12.9. The Labute approximate surface area is 188 Å². The second-order valence-corrected chi connectivity index (χ2v) is 7.59. The van der Waals surface area contributed by atoms with E-state index in [1.807, 2.05) is 67.6 Å². The summed E-state index contributed by atoms with van der Waals surface area (Å²) in [6.07, 6.45) is 1.25. The van der Waals surface area contributed by atoms with Crippen LogP contribution in [0.2, 0.25) is 0 Å². The van der Waals surface area contributed by atoms with Crippen molar-refractivity contribution < 1.29 is 14.3 Å². The number of aromatic hydroxyl groups is 1. The van der Waals surface area contributed by atoms with E-state index in [-0.39, 0.29) is 22.6 Å². The van der Waals surface area contributed by atoms with Crippen molar-refractivity contribution >= 4 is 34.5 Å². The van der Waals surface area contributed by atoms with Gasteiger partial charge in [0.1, 0.15) is 22.6 Å². The Morgan fingerprint density at radius 1 is 0.970 bits per heavy atom. The smallest absolute Gasteiger partial charge is 0.347 e. The molecule has 1 aromatic heterocycles. The second-order valence-electron chi connectivity index (χ2n) is 7.59. The van der Waals surface area contributed by atoms with Crippen LogP contribution in [-0.4, -0.2) is 16.8 Å². The second kappa shape index (κ2) is 8.12. The van der Waals surface area contributed by atoms with E-state index in [4.69, 9.17) is 4.42 Å². The third-order valence-electron chi connectivity index (χ3n) is 5.28. The number of para-hydroxylation sites is 1. The topological polar surface area (TPSA) is 95.1 Å². The van der Waals surface area contributed by atoms with Crippen LogP contribution in [0.1, 0.15) is 16.7 Å². The van der Waals surface area contributed by atoms with Gasteiger partial charge in [0, 0.05) is 5.56 Å². The molecule has 2 N–H and O–H groups in total. The summed E-state index contributed by atoms with van der Waals surface area (Å²) in [6, 6.07) is 23.8. The molecule has 7 heteroatoms. The molecule has 1 aliphatic rings. The Hall–Kier alpha value is -4.65. The fraction of sp³-hybridized carbons (Fsp3) is 0.0385. The SMILES string of the molecule is Cc1ccc2c(O)c(/C=C3/N=C(c4ccccc4)N(c4ccccc4)NC3=O)c(=O)oc2c1. The molecule has 0 unspecified atom stereocenters. The number of hydrogen-bond donors (Lipinski definition) is 2. The van der Waals surface area contributed by atoms with E-state index in [2.05, 4.69) is 10.4 Å². The molecule has 0 atom stereocenters. The number of amides is 1. The van der Waals surface area contributed by atoms with Gasteiger partial charge in [0.25, 0.3) is 5.91 Å². The van der Waals surface area contributed by atoms with Crippen molar-refractivity contribution in [2.24, 2.45) is 4.99 Å².